The zero-order valence-corrected chi connectivity index (χ0v) is 12.7. The molecule has 19 heavy (non-hydrogen) atoms. The largest absolute Gasteiger partial charge is 0.303 e. The lowest BCUT2D eigenvalue weighted by Crippen LogP contribution is -2.40. The molecule has 2 unspecified atom stereocenters. The smallest absolute Gasteiger partial charge is 0.292 e. The van der Waals surface area contributed by atoms with Gasteiger partial charge in [0.15, 0.2) is 0 Å². The summed E-state index contributed by atoms with van der Waals surface area (Å²) in [4.78, 5) is 10.6. The quantitative estimate of drug-likeness (QED) is 0.514. The Labute approximate surface area is 119 Å². The van der Waals surface area contributed by atoms with Crippen molar-refractivity contribution in [2.75, 3.05) is 0 Å². The SMILES string of the molecule is CCC(C1CCC(F)(F)CC1)C(Br)C(=O)C(C)(F)F. The van der Waals surface area contributed by atoms with Gasteiger partial charge >= 0.3 is 5.92 Å². The van der Waals surface area contributed by atoms with Gasteiger partial charge in [0, 0.05) is 19.8 Å². The van der Waals surface area contributed by atoms with E-state index in [1.807, 2.05) is 0 Å². The molecule has 112 valence electrons. The van der Waals surface area contributed by atoms with Crippen LogP contribution >= 0.6 is 15.9 Å². The highest BCUT2D eigenvalue weighted by molar-refractivity contribution is 9.10. The zero-order chi connectivity index (χ0) is 14.8. The Kier molecular flexibility index (Phi) is 5.43. The third kappa shape index (κ3) is 4.43. The monoisotopic (exact) mass is 346 g/mol. The minimum Gasteiger partial charge on any atom is -0.292 e. The summed E-state index contributed by atoms with van der Waals surface area (Å²) in [5.41, 5.74) is 0. The molecule has 0 amide bonds. The van der Waals surface area contributed by atoms with Gasteiger partial charge in [0.05, 0.1) is 4.83 Å². The second-order valence-corrected chi connectivity index (χ2v) is 6.41. The molecule has 0 aromatic heterocycles. The van der Waals surface area contributed by atoms with Crippen LogP contribution in [0.2, 0.25) is 0 Å². The van der Waals surface area contributed by atoms with Gasteiger partial charge in [-0.2, -0.15) is 8.78 Å². The molecular formula is C13H19BrF4O. The maximum absolute atomic E-state index is 13.1. The van der Waals surface area contributed by atoms with E-state index in [1.54, 1.807) is 6.92 Å². The summed E-state index contributed by atoms with van der Waals surface area (Å²) in [5, 5.41) is 0. The van der Waals surface area contributed by atoms with Gasteiger partial charge in [0.1, 0.15) is 0 Å². The van der Waals surface area contributed by atoms with Crippen LogP contribution in [0.1, 0.15) is 46.0 Å². The zero-order valence-electron chi connectivity index (χ0n) is 11.1. The Hall–Kier alpha value is -0.130. The van der Waals surface area contributed by atoms with E-state index in [0.717, 1.165) is 0 Å². The van der Waals surface area contributed by atoms with E-state index < -0.39 is 22.5 Å². The Balaban J connectivity index is 2.71. The third-order valence-corrected chi connectivity index (χ3v) is 4.99. The molecule has 0 saturated heterocycles. The Morgan fingerprint density at radius 3 is 2.21 bits per heavy atom. The molecule has 0 aromatic rings. The van der Waals surface area contributed by atoms with Gasteiger partial charge in [-0.15, -0.1) is 0 Å². The summed E-state index contributed by atoms with van der Waals surface area (Å²) in [6.45, 7) is 2.37. The van der Waals surface area contributed by atoms with Crippen LogP contribution in [0.15, 0.2) is 0 Å². The molecule has 1 nitrogen and oxygen atoms in total. The van der Waals surface area contributed by atoms with Crippen LogP contribution in [-0.4, -0.2) is 22.5 Å². The van der Waals surface area contributed by atoms with Crippen molar-refractivity contribution in [1.29, 1.82) is 0 Å². The van der Waals surface area contributed by atoms with Gasteiger partial charge in [-0.25, -0.2) is 8.78 Å². The van der Waals surface area contributed by atoms with Gasteiger partial charge in [0.2, 0.25) is 11.7 Å². The minimum absolute atomic E-state index is 0.0969. The van der Waals surface area contributed by atoms with E-state index in [2.05, 4.69) is 15.9 Å². The van der Waals surface area contributed by atoms with Gasteiger partial charge < -0.3 is 0 Å². The minimum atomic E-state index is -3.39. The summed E-state index contributed by atoms with van der Waals surface area (Å²) in [6.07, 6.45) is 0.662. The average Bonchev–Trinajstić information content (AvgIpc) is 2.29. The van der Waals surface area contributed by atoms with E-state index in [1.165, 1.54) is 0 Å². The summed E-state index contributed by atoms with van der Waals surface area (Å²) >= 11 is 3.05. The Morgan fingerprint density at radius 1 is 1.37 bits per heavy atom. The van der Waals surface area contributed by atoms with Crippen LogP contribution in [0.25, 0.3) is 0 Å². The van der Waals surface area contributed by atoms with Gasteiger partial charge in [-0.1, -0.05) is 29.3 Å². The highest BCUT2D eigenvalue weighted by Gasteiger charge is 2.44. The molecule has 1 rings (SSSR count). The van der Waals surface area contributed by atoms with Crippen molar-refractivity contribution in [2.45, 2.75) is 62.6 Å². The lowest BCUT2D eigenvalue weighted by molar-refractivity contribution is -0.141. The van der Waals surface area contributed by atoms with E-state index in [-0.39, 0.29) is 37.5 Å². The summed E-state index contributed by atoms with van der Waals surface area (Å²) in [6, 6.07) is 0. The van der Waals surface area contributed by atoms with Gasteiger partial charge in [-0.05, 0) is 24.7 Å². The van der Waals surface area contributed by atoms with E-state index in [4.69, 9.17) is 0 Å². The number of carbonyl (C=O) groups excluding carboxylic acids is 1. The molecule has 0 spiro atoms. The maximum atomic E-state index is 13.1. The van der Waals surface area contributed by atoms with E-state index in [0.29, 0.717) is 13.3 Å². The number of carbonyl (C=O) groups is 1. The van der Waals surface area contributed by atoms with Crippen molar-refractivity contribution in [3.63, 3.8) is 0 Å². The molecule has 6 heteroatoms. The molecule has 0 aromatic carbocycles. The maximum Gasteiger partial charge on any atom is 0.303 e. The first kappa shape index (κ1) is 16.9. The van der Waals surface area contributed by atoms with Crippen molar-refractivity contribution in [3.05, 3.63) is 0 Å². The fourth-order valence-corrected chi connectivity index (χ4v) is 3.91. The highest BCUT2D eigenvalue weighted by Crippen LogP contribution is 2.43. The lowest BCUT2D eigenvalue weighted by Gasteiger charge is -2.35. The number of hydrogen-bond donors (Lipinski definition) is 0. The van der Waals surface area contributed by atoms with Crippen LogP contribution in [0.5, 0.6) is 0 Å². The summed E-state index contributed by atoms with van der Waals surface area (Å²) in [5.74, 6) is -7.60. The number of Topliss-reactive ketones (excluding diaryl/α,β-unsaturated/α-hetero) is 1. The first-order chi connectivity index (χ1) is 8.58. The first-order valence-corrected chi connectivity index (χ1v) is 7.44. The second-order valence-electron chi connectivity index (χ2n) is 5.42. The molecule has 0 aliphatic heterocycles. The van der Waals surface area contributed by atoms with Crippen LogP contribution < -0.4 is 0 Å². The van der Waals surface area contributed by atoms with Crippen molar-refractivity contribution in [1.82, 2.24) is 0 Å². The molecule has 1 saturated carbocycles. The van der Waals surface area contributed by atoms with Crippen molar-refractivity contribution in [2.24, 2.45) is 11.8 Å². The molecule has 2 atom stereocenters. The Bertz CT molecular complexity index is 317. The fraction of sp³-hybridized carbons (Fsp3) is 0.923. The van der Waals surface area contributed by atoms with Crippen molar-refractivity contribution < 1.29 is 22.4 Å². The summed E-state index contributed by atoms with van der Waals surface area (Å²) < 4.78 is 52.3. The summed E-state index contributed by atoms with van der Waals surface area (Å²) in [7, 11) is 0. The molecule has 0 bridgehead atoms. The third-order valence-electron chi connectivity index (χ3n) is 3.90. The highest BCUT2D eigenvalue weighted by atomic mass is 79.9. The fourth-order valence-electron chi connectivity index (χ4n) is 2.71. The van der Waals surface area contributed by atoms with Gasteiger partial charge in [0.25, 0.3) is 0 Å². The number of rotatable bonds is 5. The van der Waals surface area contributed by atoms with E-state index in [9.17, 15) is 22.4 Å². The van der Waals surface area contributed by atoms with Crippen LogP contribution in [0, 0.1) is 11.8 Å². The standard InChI is InChI=1S/C13H19BrF4O/c1-3-9(10(14)11(19)12(2,15)16)8-4-6-13(17,18)7-5-8/h8-10H,3-7H2,1-2H3. The molecule has 0 N–H and O–H groups in total. The van der Waals surface area contributed by atoms with Gasteiger partial charge in [-0.3, -0.25) is 4.79 Å². The van der Waals surface area contributed by atoms with Crippen LogP contribution in [-0.2, 0) is 4.79 Å². The second kappa shape index (κ2) is 6.10. The van der Waals surface area contributed by atoms with Crippen molar-refractivity contribution >= 4 is 21.7 Å². The van der Waals surface area contributed by atoms with Crippen LogP contribution in [0.3, 0.4) is 0 Å². The van der Waals surface area contributed by atoms with Crippen LogP contribution in [0.4, 0.5) is 17.6 Å². The predicted molar refractivity (Wildman–Crippen MR) is 69.0 cm³/mol. The Morgan fingerprint density at radius 2 is 1.84 bits per heavy atom. The molecule has 1 aliphatic rings. The first-order valence-electron chi connectivity index (χ1n) is 6.52. The number of hydrogen-bond acceptors (Lipinski definition) is 1. The normalized spacial score (nSPS) is 23.9. The molecule has 0 radical (unpaired) electrons. The molecular weight excluding hydrogens is 328 g/mol. The van der Waals surface area contributed by atoms with E-state index >= 15 is 0 Å². The molecule has 1 fully saturated rings. The molecule has 1 aliphatic carbocycles. The number of alkyl halides is 5. The average molecular weight is 347 g/mol. The predicted octanol–water partition coefficient (Wildman–Crippen LogP) is 4.83. The lowest BCUT2D eigenvalue weighted by atomic mass is 9.75. The number of halogens is 5. The number of ketones is 1. The topological polar surface area (TPSA) is 17.1 Å². The van der Waals surface area contributed by atoms with Crippen molar-refractivity contribution in [3.8, 4) is 0 Å². The molecule has 0 heterocycles.